The molecule has 0 N–H and O–H groups in total. The minimum atomic E-state index is 0.0308. The predicted octanol–water partition coefficient (Wildman–Crippen LogP) is 2.05. The van der Waals surface area contributed by atoms with Crippen molar-refractivity contribution in [2.24, 2.45) is 0 Å². The second-order valence-corrected chi connectivity index (χ2v) is 3.52. The van der Waals surface area contributed by atoms with E-state index in [1.165, 1.54) is 6.20 Å². The number of nitrogens with zero attached hydrogens (tertiary/aromatic N) is 3. The summed E-state index contributed by atoms with van der Waals surface area (Å²) in [6.07, 6.45) is 1.37. The smallest absolute Gasteiger partial charge is 0.246 e. The van der Waals surface area contributed by atoms with E-state index in [0.29, 0.717) is 17.2 Å². The summed E-state index contributed by atoms with van der Waals surface area (Å²) < 4.78 is 15.9. The fourth-order valence-corrected chi connectivity index (χ4v) is 1.51. The number of rotatable bonds is 2. The molecule has 0 spiro atoms. The van der Waals surface area contributed by atoms with Crippen LogP contribution in [0.3, 0.4) is 0 Å². The molecule has 0 unspecified atom stereocenters. The van der Waals surface area contributed by atoms with Crippen molar-refractivity contribution in [2.75, 3.05) is 6.79 Å². The molecular formula is C10H6ClN3O3. The minimum Gasteiger partial charge on any atom is -0.454 e. The van der Waals surface area contributed by atoms with Crippen molar-refractivity contribution in [2.45, 2.75) is 0 Å². The first kappa shape index (κ1) is 10.1. The summed E-state index contributed by atoms with van der Waals surface area (Å²) in [4.78, 5) is 3.86. The maximum Gasteiger partial charge on any atom is 0.246 e. The Labute approximate surface area is 101 Å². The lowest BCUT2D eigenvalue weighted by Gasteiger charge is -2.04. The molecule has 6 nitrogen and oxygen atoms in total. The number of halogens is 1. The summed E-state index contributed by atoms with van der Waals surface area (Å²) in [7, 11) is 0. The Balaban J connectivity index is 1.86. The highest BCUT2D eigenvalue weighted by Gasteiger charge is 2.14. The van der Waals surface area contributed by atoms with Crippen molar-refractivity contribution in [3.63, 3.8) is 0 Å². The van der Waals surface area contributed by atoms with Gasteiger partial charge in [-0.15, -0.1) is 5.10 Å². The normalized spacial score (nSPS) is 12.5. The largest absolute Gasteiger partial charge is 0.454 e. The molecule has 7 heteroatoms. The number of hydrogen-bond donors (Lipinski definition) is 0. The zero-order valence-corrected chi connectivity index (χ0v) is 9.22. The third-order valence-electron chi connectivity index (χ3n) is 2.08. The zero-order valence-electron chi connectivity index (χ0n) is 8.46. The van der Waals surface area contributed by atoms with Gasteiger partial charge in [0.15, 0.2) is 11.5 Å². The molecule has 2 heterocycles. The lowest BCUT2D eigenvalue weighted by Crippen LogP contribution is -1.93. The molecule has 0 fully saturated rings. The first-order valence-electron chi connectivity index (χ1n) is 4.74. The van der Waals surface area contributed by atoms with Gasteiger partial charge in [-0.25, -0.2) is 0 Å². The molecule has 0 saturated carbocycles. The van der Waals surface area contributed by atoms with Crippen LogP contribution in [-0.2, 0) is 0 Å². The molecule has 0 radical (unpaired) electrons. The SMILES string of the molecule is Clc1nncc(Oc2ccc3c(c2)OCO3)n1. The standard InChI is InChI=1S/C10H6ClN3O3/c11-10-13-9(4-12-14-10)17-6-1-2-7-8(3-6)16-5-15-7/h1-4H,5H2. The Bertz CT molecular complexity index is 564. The molecule has 1 aliphatic heterocycles. The highest BCUT2D eigenvalue weighted by Crippen LogP contribution is 2.36. The summed E-state index contributed by atoms with van der Waals surface area (Å²) in [5, 5.41) is 7.18. The van der Waals surface area contributed by atoms with Gasteiger partial charge in [0.2, 0.25) is 18.0 Å². The molecular weight excluding hydrogens is 246 g/mol. The average Bonchev–Trinajstić information content (AvgIpc) is 2.76. The fraction of sp³-hybridized carbons (Fsp3) is 0.100. The minimum absolute atomic E-state index is 0.0308. The van der Waals surface area contributed by atoms with E-state index in [1.54, 1.807) is 18.2 Å². The van der Waals surface area contributed by atoms with Crippen molar-refractivity contribution < 1.29 is 14.2 Å². The quantitative estimate of drug-likeness (QED) is 0.814. The van der Waals surface area contributed by atoms with Gasteiger partial charge in [0.05, 0.1) is 0 Å². The van der Waals surface area contributed by atoms with E-state index < -0.39 is 0 Å². The monoisotopic (exact) mass is 251 g/mol. The summed E-state index contributed by atoms with van der Waals surface area (Å²) in [5.74, 6) is 2.15. The Hall–Kier alpha value is -2.08. The van der Waals surface area contributed by atoms with Gasteiger partial charge in [-0.2, -0.15) is 10.1 Å². The van der Waals surface area contributed by atoms with E-state index in [0.717, 1.165) is 0 Å². The lowest BCUT2D eigenvalue weighted by molar-refractivity contribution is 0.174. The maximum atomic E-state index is 5.60. The van der Waals surface area contributed by atoms with E-state index >= 15 is 0 Å². The zero-order chi connectivity index (χ0) is 11.7. The van der Waals surface area contributed by atoms with Crippen molar-refractivity contribution >= 4 is 11.6 Å². The number of hydrogen-bond acceptors (Lipinski definition) is 6. The molecule has 0 atom stereocenters. The van der Waals surface area contributed by atoms with E-state index in [9.17, 15) is 0 Å². The molecule has 0 saturated heterocycles. The Morgan fingerprint density at radius 3 is 3.00 bits per heavy atom. The van der Waals surface area contributed by atoms with Crippen LogP contribution >= 0.6 is 11.6 Å². The second kappa shape index (κ2) is 4.06. The molecule has 0 bridgehead atoms. The predicted molar refractivity (Wildman–Crippen MR) is 57.5 cm³/mol. The number of aromatic nitrogens is 3. The Morgan fingerprint density at radius 1 is 1.24 bits per heavy atom. The van der Waals surface area contributed by atoms with Crippen LogP contribution in [0.2, 0.25) is 5.28 Å². The van der Waals surface area contributed by atoms with Gasteiger partial charge >= 0.3 is 0 Å². The van der Waals surface area contributed by atoms with Crippen molar-refractivity contribution in [3.05, 3.63) is 29.7 Å². The molecule has 0 aliphatic carbocycles. The van der Waals surface area contributed by atoms with Gasteiger partial charge in [-0.05, 0) is 23.7 Å². The maximum absolute atomic E-state index is 5.60. The van der Waals surface area contributed by atoms with Gasteiger partial charge in [-0.1, -0.05) is 0 Å². The van der Waals surface area contributed by atoms with Gasteiger partial charge in [-0.3, -0.25) is 0 Å². The highest BCUT2D eigenvalue weighted by molar-refractivity contribution is 6.28. The van der Waals surface area contributed by atoms with Crippen LogP contribution in [0.25, 0.3) is 0 Å². The Morgan fingerprint density at radius 2 is 2.12 bits per heavy atom. The molecule has 1 aromatic carbocycles. The second-order valence-electron chi connectivity index (χ2n) is 3.18. The van der Waals surface area contributed by atoms with Gasteiger partial charge in [0, 0.05) is 6.07 Å². The van der Waals surface area contributed by atoms with Gasteiger partial charge in [0.1, 0.15) is 11.9 Å². The van der Waals surface area contributed by atoms with Crippen molar-refractivity contribution in [1.29, 1.82) is 0 Å². The van der Waals surface area contributed by atoms with Crippen LogP contribution < -0.4 is 14.2 Å². The molecule has 17 heavy (non-hydrogen) atoms. The van der Waals surface area contributed by atoms with Crippen LogP contribution in [0.1, 0.15) is 0 Å². The van der Waals surface area contributed by atoms with Crippen LogP contribution in [-0.4, -0.2) is 22.0 Å². The number of fused-ring (bicyclic) bond motifs is 1. The average molecular weight is 252 g/mol. The van der Waals surface area contributed by atoms with E-state index in [-0.39, 0.29) is 18.0 Å². The third kappa shape index (κ3) is 2.07. The van der Waals surface area contributed by atoms with Gasteiger partial charge < -0.3 is 14.2 Å². The van der Waals surface area contributed by atoms with Crippen molar-refractivity contribution in [3.8, 4) is 23.1 Å². The first-order valence-corrected chi connectivity index (χ1v) is 5.12. The summed E-state index contributed by atoms with van der Waals surface area (Å²) in [6, 6.07) is 5.20. The summed E-state index contributed by atoms with van der Waals surface area (Å²) in [5.41, 5.74) is 0. The topological polar surface area (TPSA) is 66.4 Å². The number of ether oxygens (including phenoxy) is 3. The van der Waals surface area contributed by atoms with E-state index in [1.807, 2.05) is 0 Å². The van der Waals surface area contributed by atoms with Gasteiger partial charge in [0.25, 0.3) is 0 Å². The van der Waals surface area contributed by atoms with Crippen molar-refractivity contribution in [1.82, 2.24) is 15.2 Å². The van der Waals surface area contributed by atoms with Crippen LogP contribution in [0.4, 0.5) is 0 Å². The number of benzene rings is 1. The third-order valence-corrected chi connectivity index (χ3v) is 2.24. The molecule has 1 aliphatic rings. The lowest BCUT2D eigenvalue weighted by atomic mass is 10.3. The molecule has 1 aromatic heterocycles. The molecule has 0 amide bonds. The fourth-order valence-electron chi connectivity index (χ4n) is 1.38. The first-order chi connectivity index (χ1) is 8.31. The van der Waals surface area contributed by atoms with E-state index in [4.69, 9.17) is 25.8 Å². The van der Waals surface area contributed by atoms with Crippen LogP contribution in [0, 0.1) is 0 Å². The van der Waals surface area contributed by atoms with E-state index in [2.05, 4.69) is 15.2 Å². The Kier molecular flexibility index (Phi) is 2.41. The van der Waals surface area contributed by atoms with Crippen LogP contribution in [0.15, 0.2) is 24.4 Å². The molecule has 3 rings (SSSR count). The summed E-state index contributed by atoms with van der Waals surface area (Å²) >= 11 is 5.60. The van der Waals surface area contributed by atoms with Crippen LogP contribution in [0.5, 0.6) is 23.1 Å². The summed E-state index contributed by atoms with van der Waals surface area (Å²) in [6.45, 7) is 0.222. The highest BCUT2D eigenvalue weighted by atomic mass is 35.5. The molecule has 2 aromatic rings. The molecule has 86 valence electrons.